The number of benzene rings is 2. The first kappa shape index (κ1) is 20.2. The second kappa shape index (κ2) is 8.65. The maximum Gasteiger partial charge on any atom is 0.188 e. The van der Waals surface area contributed by atoms with Gasteiger partial charge in [-0.15, -0.1) is 0 Å². The van der Waals surface area contributed by atoms with E-state index < -0.39 is 11.6 Å². The molecule has 0 amide bonds. The van der Waals surface area contributed by atoms with Gasteiger partial charge in [-0.1, -0.05) is 29.3 Å². The zero-order valence-electron chi connectivity index (χ0n) is 13.9. The van der Waals surface area contributed by atoms with Crippen LogP contribution in [0, 0.1) is 17.1 Å². The molecule has 3 rings (SSSR count). The molecule has 0 radical (unpaired) electrons. The number of ketones is 1. The summed E-state index contributed by atoms with van der Waals surface area (Å²) in [6, 6.07) is 9.28. The number of ether oxygens (including phenoxy) is 1. The van der Waals surface area contributed by atoms with E-state index in [2.05, 4.69) is 25.9 Å². The fourth-order valence-corrected chi connectivity index (χ4v) is 3.19. The third kappa shape index (κ3) is 4.47. The number of carbonyl (C=O) groups is 1. The predicted molar refractivity (Wildman–Crippen MR) is 105 cm³/mol. The molecular weight excluding hydrogens is 472 g/mol. The summed E-state index contributed by atoms with van der Waals surface area (Å²) in [6.45, 7) is 0. The van der Waals surface area contributed by atoms with Gasteiger partial charge >= 0.3 is 0 Å². The molecule has 0 saturated carbocycles. The largest absolute Gasteiger partial charge is 0.453 e. The molecule has 1 heterocycles. The number of nitriles is 1. The lowest BCUT2D eigenvalue weighted by Gasteiger charge is -2.12. The van der Waals surface area contributed by atoms with E-state index >= 15 is 4.39 Å². The minimum Gasteiger partial charge on any atom is -0.453 e. The van der Waals surface area contributed by atoms with E-state index in [1.165, 1.54) is 36.7 Å². The van der Waals surface area contributed by atoms with Crippen LogP contribution in [-0.2, 0) is 6.42 Å². The van der Waals surface area contributed by atoms with Crippen molar-refractivity contribution in [3.8, 4) is 17.6 Å². The zero-order chi connectivity index (χ0) is 20.3. The Morgan fingerprint density at radius 2 is 1.96 bits per heavy atom. The van der Waals surface area contributed by atoms with Crippen LogP contribution >= 0.6 is 39.1 Å². The van der Waals surface area contributed by atoms with Gasteiger partial charge in [-0.25, -0.2) is 14.4 Å². The summed E-state index contributed by atoms with van der Waals surface area (Å²) in [7, 11) is 0. The SMILES string of the molecule is N#Cc1cc(Cl)cc(Oc2c(Br)ccc(CC(=O)c3nccnc3Cl)c2F)c1. The summed E-state index contributed by atoms with van der Waals surface area (Å²) in [4.78, 5) is 20.1. The van der Waals surface area contributed by atoms with Gasteiger partial charge in [0.05, 0.1) is 16.1 Å². The number of nitrogens with zero attached hydrogens (tertiary/aromatic N) is 3. The topological polar surface area (TPSA) is 75.9 Å². The summed E-state index contributed by atoms with van der Waals surface area (Å²) >= 11 is 15.0. The number of aromatic nitrogens is 2. The van der Waals surface area contributed by atoms with Crippen LogP contribution in [-0.4, -0.2) is 15.8 Å². The quantitative estimate of drug-likeness (QED) is 0.433. The van der Waals surface area contributed by atoms with Gasteiger partial charge in [-0.2, -0.15) is 5.26 Å². The fraction of sp³-hybridized carbons (Fsp3) is 0.0526. The molecule has 5 nitrogen and oxygen atoms in total. The van der Waals surface area contributed by atoms with Crippen LogP contribution in [0.5, 0.6) is 11.5 Å². The molecule has 9 heteroatoms. The lowest BCUT2D eigenvalue weighted by Crippen LogP contribution is -2.09. The highest BCUT2D eigenvalue weighted by atomic mass is 79.9. The van der Waals surface area contributed by atoms with Crippen LogP contribution in [0.3, 0.4) is 0 Å². The number of hydrogen-bond acceptors (Lipinski definition) is 5. The molecule has 0 aliphatic heterocycles. The van der Waals surface area contributed by atoms with Crippen LogP contribution in [0.1, 0.15) is 21.6 Å². The van der Waals surface area contributed by atoms with Crippen LogP contribution < -0.4 is 4.74 Å². The van der Waals surface area contributed by atoms with Gasteiger partial charge in [0.2, 0.25) is 0 Å². The highest BCUT2D eigenvalue weighted by molar-refractivity contribution is 9.10. The smallest absolute Gasteiger partial charge is 0.188 e. The second-order valence-electron chi connectivity index (χ2n) is 5.53. The second-order valence-corrected chi connectivity index (χ2v) is 7.18. The Hall–Kier alpha value is -2.53. The molecule has 3 aromatic rings. The lowest BCUT2D eigenvalue weighted by molar-refractivity contribution is 0.0986. The van der Waals surface area contributed by atoms with Gasteiger partial charge in [-0.05, 0) is 45.8 Å². The first-order valence-electron chi connectivity index (χ1n) is 7.74. The molecule has 28 heavy (non-hydrogen) atoms. The molecule has 0 unspecified atom stereocenters. The average molecular weight is 481 g/mol. The fourth-order valence-electron chi connectivity index (χ4n) is 2.37. The molecule has 1 aromatic heterocycles. The summed E-state index contributed by atoms with van der Waals surface area (Å²) in [6.07, 6.45) is 2.40. The predicted octanol–water partition coefficient (Wildman–Crippen LogP) is 5.77. The van der Waals surface area contributed by atoms with E-state index in [0.29, 0.717) is 4.47 Å². The Bertz CT molecular complexity index is 1120. The summed E-state index contributed by atoms with van der Waals surface area (Å²) in [5.41, 5.74) is 0.317. The van der Waals surface area contributed by atoms with Crippen molar-refractivity contribution in [2.75, 3.05) is 0 Å². The first-order valence-corrected chi connectivity index (χ1v) is 9.29. The van der Waals surface area contributed by atoms with Gasteiger partial charge in [0, 0.05) is 23.8 Å². The monoisotopic (exact) mass is 479 g/mol. The maximum absolute atomic E-state index is 15.0. The molecule has 0 fully saturated rings. The van der Waals surface area contributed by atoms with Crippen molar-refractivity contribution in [2.24, 2.45) is 0 Å². The third-order valence-electron chi connectivity index (χ3n) is 3.62. The number of halogens is 4. The molecule has 0 bridgehead atoms. The van der Waals surface area contributed by atoms with E-state index in [1.807, 2.05) is 6.07 Å². The number of carbonyl (C=O) groups excluding carboxylic acids is 1. The number of hydrogen-bond donors (Lipinski definition) is 0. The van der Waals surface area contributed by atoms with E-state index in [9.17, 15) is 4.79 Å². The first-order chi connectivity index (χ1) is 13.4. The van der Waals surface area contributed by atoms with Crippen molar-refractivity contribution in [1.29, 1.82) is 5.26 Å². The van der Waals surface area contributed by atoms with E-state index in [0.717, 1.165) is 0 Å². The Kier molecular flexibility index (Phi) is 6.25. The van der Waals surface area contributed by atoms with Crippen molar-refractivity contribution < 1.29 is 13.9 Å². The number of rotatable bonds is 5. The molecule has 140 valence electrons. The van der Waals surface area contributed by atoms with Crippen molar-refractivity contribution in [3.63, 3.8) is 0 Å². The molecule has 0 saturated heterocycles. The summed E-state index contributed by atoms with van der Waals surface area (Å²) in [5, 5.41) is 9.25. The van der Waals surface area contributed by atoms with E-state index in [4.69, 9.17) is 33.2 Å². The third-order valence-corrected chi connectivity index (χ3v) is 4.74. The summed E-state index contributed by atoms with van der Waals surface area (Å²) in [5.74, 6) is -1.17. The summed E-state index contributed by atoms with van der Waals surface area (Å²) < 4.78 is 20.9. The Labute approximate surface area is 177 Å². The van der Waals surface area contributed by atoms with Crippen LogP contribution in [0.15, 0.2) is 47.2 Å². The van der Waals surface area contributed by atoms with Gasteiger partial charge in [-0.3, -0.25) is 4.79 Å². The van der Waals surface area contributed by atoms with Gasteiger partial charge in [0.25, 0.3) is 0 Å². The normalized spacial score (nSPS) is 10.4. The van der Waals surface area contributed by atoms with Crippen LogP contribution in [0.4, 0.5) is 4.39 Å². The van der Waals surface area contributed by atoms with Crippen LogP contribution in [0.25, 0.3) is 0 Å². The highest BCUT2D eigenvalue weighted by Gasteiger charge is 2.20. The molecule has 0 aliphatic rings. The van der Waals surface area contributed by atoms with Gasteiger partial charge < -0.3 is 4.74 Å². The van der Waals surface area contributed by atoms with E-state index in [-0.39, 0.29) is 44.9 Å². The Balaban J connectivity index is 1.92. The highest BCUT2D eigenvalue weighted by Crippen LogP contribution is 2.35. The molecule has 2 aromatic carbocycles. The van der Waals surface area contributed by atoms with Crippen molar-refractivity contribution in [1.82, 2.24) is 9.97 Å². The zero-order valence-corrected chi connectivity index (χ0v) is 17.0. The molecule has 0 atom stereocenters. The van der Waals surface area contributed by atoms with Crippen molar-refractivity contribution >= 4 is 44.9 Å². The lowest BCUT2D eigenvalue weighted by atomic mass is 10.1. The molecule has 0 spiro atoms. The van der Waals surface area contributed by atoms with Crippen LogP contribution in [0.2, 0.25) is 10.2 Å². The maximum atomic E-state index is 15.0. The molecule has 0 N–H and O–H groups in total. The van der Waals surface area contributed by atoms with Gasteiger partial charge in [0.15, 0.2) is 22.5 Å². The Morgan fingerprint density at radius 1 is 1.21 bits per heavy atom. The Morgan fingerprint density at radius 3 is 2.68 bits per heavy atom. The minimum absolute atomic E-state index is 0.0394. The average Bonchev–Trinajstić information content (AvgIpc) is 2.67. The van der Waals surface area contributed by atoms with Crippen molar-refractivity contribution in [3.05, 3.63) is 80.0 Å². The molecular formula is C19H9BrCl2FN3O2. The standard InChI is InChI=1S/C19H9BrCl2FN3O2/c20-14-2-1-11(7-15(27)17-19(22)26-4-3-25-17)16(23)18(14)28-13-6-10(9-24)5-12(21)8-13/h1-6,8H,7H2. The number of Topliss-reactive ketones (excluding diaryl/α,β-unsaturated/α-hetero) is 1. The van der Waals surface area contributed by atoms with Crippen molar-refractivity contribution in [2.45, 2.75) is 6.42 Å². The van der Waals surface area contributed by atoms with Gasteiger partial charge in [0.1, 0.15) is 11.4 Å². The van der Waals surface area contributed by atoms with E-state index in [1.54, 1.807) is 6.07 Å². The minimum atomic E-state index is -0.735. The molecule has 0 aliphatic carbocycles.